The molecule has 3 N–H and O–H groups in total. The molecule has 0 aliphatic rings. The monoisotopic (exact) mass is 302 g/mol. The van der Waals surface area contributed by atoms with Gasteiger partial charge >= 0.3 is 0 Å². The normalized spacial score (nSPS) is 9.85. The van der Waals surface area contributed by atoms with Crippen LogP contribution >= 0.6 is 12.4 Å². The molecule has 0 aliphatic carbocycles. The quantitative estimate of drug-likeness (QED) is 0.534. The fraction of sp³-hybridized carbons (Fsp3) is 0.500. The summed E-state index contributed by atoms with van der Waals surface area (Å²) >= 11 is 0. The molecule has 1 amide bonds. The Morgan fingerprint density at radius 3 is 2.55 bits per heavy atom. The summed E-state index contributed by atoms with van der Waals surface area (Å²) < 4.78 is 10.1. The van der Waals surface area contributed by atoms with Gasteiger partial charge in [0, 0.05) is 25.8 Å². The lowest BCUT2D eigenvalue weighted by atomic mass is 10.1. The summed E-state index contributed by atoms with van der Waals surface area (Å²) in [6.45, 7) is 2.13. The highest BCUT2D eigenvalue weighted by Gasteiger charge is 2.01. The molecule has 114 valence electrons. The van der Waals surface area contributed by atoms with Crippen molar-refractivity contribution in [1.82, 2.24) is 5.32 Å². The lowest BCUT2D eigenvalue weighted by Crippen LogP contribution is -2.26. The van der Waals surface area contributed by atoms with Crippen LogP contribution in [-0.4, -0.2) is 39.4 Å². The van der Waals surface area contributed by atoms with Crippen LogP contribution in [-0.2, 0) is 20.7 Å². The molecular formula is C14H23ClN2O3. The lowest BCUT2D eigenvalue weighted by Gasteiger charge is -2.06. The van der Waals surface area contributed by atoms with Gasteiger partial charge in [-0.05, 0) is 24.1 Å². The van der Waals surface area contributed by atoms with Crippen LogP contribution in [0.1, 0.15) is 12.0 Å². The standard InChI is InChI=1S/C14H22N2O3.ClH/c1-18-10-11-19-9-7-14(17)16-8-6-12-2-4-13(15)5-3-12;/h2-5H,6-11,15H2,1H3,(H,16,17);1H. The second-order valence-corrected chi connectivity index (χ2v) is 4.20. The zero-order valence-electron chi connectivity index (χ0n) is 11.8. The molecule has 1 aromatic carbocycles. The number of carbonyl (C=O) groups excluding carboxylic acids is 1. The summed E-state index contributed by atoms with van der Waals surface area (Å²) in [4.78, 5) is 11.5. The minimum atomic E-state index is 0. The summed E-state index contributed by atoms with van der Waals surface area (Å²) in [6, 6.07) is 7.66. The van der Waals surface area contributed by atoms with E-state index in [1.165, 1.54) is 0 Å². The van der Waals surface area contributed by atoms with Crippen molar-refractivity contribution in [2.75, 3.05) is 39.2 Å². The molecule has 0 saturated carbocycles. The van der Waals surface area contributed by atoms with E-state index in [9.17, 15) is 4.79 Å². The fourth-order valence-electron chi connectivity index (χ4n) is 1.53. The Hall–Kier alpha value is -1.30. The lowest BCUT2D eigenvalue weighted by molar-refractivity contribution is -0.122. The molecule has 0 aliphatic heterocycles. The van der Waals surface area contributed by atoms with Gasteiger partial charge < -0.3 is 20.5 Å². The third kappa shape index (κ3) is 8.74. The van der Waals surface area contributed by atoms with Gasteiger partial charge in [-0.25, -0.2) is 0 Å². The number of benzene rings is 1. The van der Waals surface area contributed by atoms with Gasteiger partial charge in [0.1, 0.15) is 0 Å². The molecule has 0 atom stereocenters. The van der Waals surface area contributed by atoms with E-state index >= 15 is 0 Å². The molecule has 0 radical (unpaired) electrons. The number of carbonyl (C=O) groups is 1. The molecule has 0 aromatic heterocycles. The first-order valence-corrected chi connectivity index (χ1v) is 6.40. The van der Waals surface area contributed by atoms with Crippen LogP contribution in [0, 0.1) is 0 Å². The first-order valence-electron chi connectivity index (χ1n) is 6.40. The van der Waals surface area contributed by atoms with Gasteiger partial charge in [-0.2, -0.15) is 0 Å². The predicted octanol–water partition coefficient (Wildman–Crippen LogP) is 1.40. The first-order chi connectivity index (χ1) is 9.22. The molecule has 0 unspecified atom stereocenters. The Morgan fingerprint density at radius 2 is 1.90 bits per heavy atom. The number of amides is 1. The summed E-state index contributed by atoms with van der Waals surface area (Å²) in [6.07, 6.45) is 1.18. The Kier molecular flexibility index (Phi) is 10.8. The molecular weight excluding hydrogens is 280 g/mol. The molecule has 0 fully saturated rings. The van der Waals surface area contributed by atoms with Gasteiger partial charge in [-0.1, -0.05) is 12.1 Å². The number of nitrogens with one attached hydrogen (secondary N) is 1. The smallest absolute Gasteiger partial charge is 0.222 e. The highest BCUT2D eigenvalue weighted by atomic mass is 35.5. The van der Waals surface area contributed by atoms with E-state index in [1.807, 2.05) is 24.3 Å². The van der Waals surface area contributed by atoms with Crippen LogP contribution in [0.15, 0.2) is 24.3 Å². The maximum Gasteiger partial charge on any atom is 0.222 e. The summed E-state index contributed by atoms with van der Waals surface area (Å²) in [5.41, 5.74) is 7.51. The summed E-state index contributed by atoms with van der Waals surface area (Å²) in [7, 11) is 1.62. The van der Waals surface area contributed by atoms with E-state index in [0.29, 0.717) is 32.8 Å². The van der Waals surface area contributed by atoms with E-state index in [2.05, 4.69) is 5.32 Å². The molecule has 1 aromatic rings. The third-order valence-corrected chi connectivity index (χ3v) is 2.62. The Balaban J connectivity index is 0.00000361. The molecule has 0 spiro atoms. The van der Waals surface area contributed by atoms with E-state index in [1.54, 1.807) is 7.11 Å². The van der Waals surface area contributed by atoms with Crippen molar-refractivity contribution >= 4 is 24.0 Å². The van der Waals surface area contributed by atoms with Crippen LogP contribution < -0.4 is 11.1 Å². The molecule has 0 heterocycles. The number of methoxy groups -OCH3 is 1. The van der Waals surface area contributed by atoms with Crippen molar-refractivity contribution in [3.05, 3.63) is 29.8 Å². The van der Waals surface area contributed by atoms with Crippen LogP contribution in [0.3, 0.4) is 0 Å². The number of nitrogen functional groups attached to an aromatic ring is 1. The molecule has 6 heteroatoms. The van der Waals surface area contributed by atoms with Crippen molar-refractivity contribution in [3.63, 3.8) is 0 Å². The number of halogens is 1. The van der Waals surface area contributed by atoms with E-state index < -0.39 is 0 Å². The van der Waals surface area contributed by atoms with Gasteiger partial charge in [-0.3, -0.25) is 4.79 Å². The maximum absolute atomic E-state index is 11.5. The van der Waals surface area contributed by atoms with E-state index in [4.69, 9.17) is 15.2 Å². The minimum Gasteiger partial charge on any atom is -0.399 e. The molecule has 20 heavy (non-hydrogen) atoms. The zero-order chi connectivity index (χ0) is 13.9. The predicted molar refractivity (Wildman–Crippen MR) is 82.1 cm³/mol. The first kappa shape index (κ1) is 18.7. The molecule has 0 bridgehead atoms. The summed E-state index contributed by atoms with van der Waals surface area (Å²) in [5, 5.41) is 2.86. The largest absolute Gasteiger partial charge is 0.399 e. The Labute approximate surface area is 126 Å². The summed E-state index contributed by atoms with van der Waals surface area (Å²) in [5.74, 6) is 0.00728. The fourth-order valence-corrected chi connectivity index (χ4v) is 1.53. The van der Waals surface area contributed by atoms with Crippen molar-refractivity contribution in [1.29, 1.82) is 0 Å². The van der Waals surface area contributed by atoms with Gasteiger partial charge in [0.2, 0.25) is 5.91 Å². The van der Waals surface area contributed by atoms with Crippen molar-refractivity contribution in [2.24, 2.45) is 0 Å². The van der Waals surface area contributed by atoms with Gasteiger partial charge in [0.25, 0.3) is 0 Å². The minimum absolute atomic E-state index is 0. The van der Waals surface area contributed by atoms with E-state index in [0.717, 1.165) is 17.7 Å². The maximum atomic E-state index is 11.5. The number of hydrogen-bond donors (Lipinski definition) is 2. The average molecular weight is 303 g/mol. The number of ether oxygens (including phenoxy) is 2. The number of anilines is 1. The molecule has 1 rings (SSSR count). The topological polar surface area (TPSA) is 73.6 Å². The van der Waals surface area contributed by atoms with Crippen molar-refractivity contribution in [2.45, 2.75) is 12.8 Å². The van der Waals surface area contributed by atoms with Gasteiger partial charge in [0.15, 0.2) is 0 Å². The number of hydrogen-bond acceptors (Lipinski definition) is 4. The average Bonchev–Trinajstić information content (AvgIpc) is 2.41. The van der Waals surface area contributed by atoms with Crippen LogP contribution in [0.25, 0.3) is 0 Å². The van der Waals surface area contributed by atoms with Crippen molar-refractivity contribution < 1.29 is 14.3 Å². The molecule has 5 nitrogen and oxygen atoms in total. The van der Waals surface area contributed by atoms with Crippen LogP contribution in [0.2, 0.25) is 0 Å². The second-order valence-electron chi connectivity index (χ2n) is 4.20. The zero-order valence-corrected chi connectivity index (χ0v) is 12.6. The molecule has 0 saturated heterocycles. The third-order valence-electron chi connectivity index (χ3n) is 2.62. The van der Waals surface area contributed by atoms with Crippen LogP contribution in [0.4, 0.5) is 5.69 Å². The van der Waals surface area contributed by atoms with Crippen molar-refractivity contribution in [3.8, 4) is 0 Å². The second kappa shape index (κ2) is 11.5. The SMILES string of the molecule is COCCOCCC(=O)NCCc1ccc(N)cc1.Cl. The van der Waals surface area contributed by atoms with Gasteiger partial charge in [-0.15, -0.1) is 12.4 Å². The van der Waals surface area contributed by atoms with E-state index in [-0.39, 0.29) is 18.3 Å². The number of rotatable bonds is 9. The highest BCUT2D eigenvalue weighted by Crippen LogP contribution is 2.05. The Bertz CT molecular complexity index is 371. The van der Waals surface area contributed by atoms with Gasteiger partial charge in [0.05, 0.1) is 19.8 Å². The highest BCUT2D eigenvalue weighted by molar-refractivity contribution is 5.85. The number of nitrogens with two attached hydrogens (primary N) is 1. The van der Waals surface area contributed by atoms with Crippen LogP contribution in [0.5, 0.6) is 0 Å². The Morgan fingerprint density at radius 1 is 1.20 bits per heavy atom.